The molecule has 0 aromatic rings. The van der Waals surface area contributed by atoms with E-state index in [9.17, 15) is 9.59 Å². The van der Waals surface area contributed by atoms with E-state index in [1.54, 1.807) is 16.8 Å². The highest BCUT2D eigenvalue weighted by Gasteiger charge is 2.26. The Hall–Kier alpha value is -1.10. The van der Waals surface area contributed by atoms with Crippen LogP contribution in [0.5, 0.6) is 0 Å². The molecule has 0 aromatic heterocycles. The zero-order valence-electron chi connectivity index (χ0n) is 11.9. The second-order valence-corrected chi connectivity index (χ2v) is 6.36. The van der Waals surface area contributed by atoms with Crippen LogP contribution in [0.1, 0.15) is 33.6 Å². The third-order valence-corrected chi connectivity index (χ3v) is 3.12. The molecule has 18 heavy (non-hydrogen) atoms. The first-order valence-electron chi connectivity index (χ1n) is 6.46. The lowest BCUT2D eigenvalue weighted by atomic mass is 9.87. The van der Waals surface area contributed by atoms with Crippen LogP contribution in [-0.4, -0.2) is 54.3 Å². The fourth-order valence-corrected chi connectivity index (χ4v) is 2.18. The normalized spacial score (nSPS) is 19.1. The van der Waals surface area contributed by atoms with Gasteiger partial charge in [0.1, 0.15) is 0 Å². The summed E-state index contributed by atoms with van der Waals surface area (Å²) >= 11 is 0. The number of rotatable bonds is 3. The first-order valence-corrected chi connectivity index (χ1v) is 6.46. The number of nitrogens with zero attached hydrogens (tertiary/aromatic N) is 2. The lowest BCUT2D eigenvalue weighted by molar-refractivity contribution is -0.144. The average Bonchev–Trinajstić information content (AvgIpc) is 2.18. The molecule has 0 saturated carbocycles. The number of hydrogen-bond donors (Lipinski definition) is 1. The molecule has 1 unspecified atom stereocenters. The van der Waals surface area contributed by atoms with Gasteiger partial charge in [-0.1, -0.05) is 20.8 Å². The van der Waals surface area contributed by atoms with Crippen molar-refractivity contribution in [2.24, 2.45) is 11.1 Å². The predicted octanol–water partition coefficient (Wildman–Crippen LogP) is 0.441. The third kappa shape index (κ3) is 4.64. The first-order chi connectivity index (χ1) is 8.19. The number of piperazine rings is 1. The first kappa shape index (κ1) is 15.0. The van der Waals surface area contributed by atoms with Crippen molar-refractivity contribution in [3.8, 4) is 0 Å². The van der Waals surface area contributed by atoms with E-state index in [-0.39, 0.29) is 29.8 Å². The minimum absolute atomic E-state index is 0.000933. The molecule has 0 aliphatic carbocycles. The summed E-state index contributed by atoms with van der Waals surface area (Å²) in [6, 6.07) is -0.132. The van der Waals surface area contributed by atoms with Gasteiger partial charge in [0.15, 0.2) is 0 Å². The SMILES string of the molecule is CN1CCN(C(=O)CC(N)CC(C)(C)C)CC1=O. The maximum absolute atomic E-state index is 12.0. The van der Waals surface area contributed by atoms with E-state index in [1.807, 2.05) is 0 Å². The summed E-state index contributed by atoms with van der Waals surface area (Å²) in [5, 5.41) is 0. The Morgan fingerprint density at radius 3 is 2.50 bits per heavy atom. The number of nitrogens with two attached hydrogens (primary N) is 1. The van der Waals surface area contributed by atoms with Crippen LogP contribution in [0.3, 0.4) is 0 Å². The molecule has 2 amide bonds. The van der Waals surface area contributed by atoms with Crippen LogP contribution in [-0.2, 0) is 9.59 Å². The summed E-state index contributed by atoms with van der Waals surface area (Å²) in [5.41, 5.74) is 6.11. The topological polar surface area (TPSA) is 66.6 Å². The summed E-state index contributed by atoms with van der Waals surface area (Å²) in [4.78, 5) is 26.8. The molecule has 0 spiro atoms. The van der Waals surface area contributed by atoms with E-state index in [2.05, 4.69) is 20.8 Å². The molecular weight excluding hydrogens is 230 g/mol. The second-order valence-electron chi connectivity index (χ2n) is 6.36. The van der Waals surface area contributed by atoms with Crippen molar-refractivity contribution >= 4 is 11.8 Å². The molecule has 1 atom stereocenters. The Balaban J connectivity index is 2.44. The number of hydrogen-bond acceptors (Lipinski definition) is 3. The van der Waals surface area contributed by atoms with Crippen molar-refractivity contribution in [2.45, 2.75) is 39.7 Å². The predicted molar refractivity (Wildman–Crippen MR) is 70.9 cm³/mol. The van der Waals surface area contributed by atoms with Crippen molar-refractivity contribution in [3.63, 3.8) is 0 Å². The molecule has 1 saturated heterocycles. The van der Waals surface area contributed by atoms with Crippen molar-refractivity contribution < 1.29 is 9.59 Å². The smallest absolute Gasteiger partial charge is 0.241 e. The van der Waals surface area contributed by atoms with E-state index >= 15 is 0 Å². The van der Waals surface area contributed by atoms with Gasteiger partial charge in [0.25, 0.3) is 0 Å². The second kappa shape index (κ2) is 5.69. The Morgan fingerprint density at radius 1 is 1.39 bits per heavy atom. The van der Waals surface area contributed by atoms with Gasteiger partial charge in [-0.3, -0.25) is 9.59 Å². The Labute approximate surface area is 109 Å². The van der Waals surface area contributed by atoms with Crippen molar-refractivity contribution in [3.05, 3.63) is 0 Å². The van der Waals surface area contributed by atoms with Gasteiger partial charge in [0.05, 0.1) is 6.54 Å². The molecule has 0 bridgehead atoms. The lowest BCUT2D eigenvalue weighted by Crippen LogP contribution is -2.51. The monoisotopic (exact) mass is 255 g/mol. The number of carbonyl (C=O) groups excluding carboxylic acids is 2. The van der Waals surface area contributed by atoms with Crippen molar-refractivity contribution in [1.82, 2.24) is 9.80 Å². The molecule has 5 nitrogen and oxygen atoms in total. The van der Waals surface area contributed by atoms with Gasteiger partial charge in [-0.15, -0.1) is 0 Å². The fourth-order valence-electron chi connectivity index (χ4n) is 2.18. The standard InChI is InChI=1S/C13H25N3O2/c1-13(2,3)8-10(14)7-11(17)16-6-5-15(4)12(18)9-16/h10H,5-9,14H2,1-4H3. The fraction of sp³-hybridized carbons (Fsp3) is 0.846. The molecule has 1 heterocycles. The molecule has 1 aliphatic heterocycles. The number of amides is 2. The van der Waals surface area contributed by atoms with Crippen LogP contribution >= 0.6 is 0 Å². The van der Waals surface area contributed by atoms with Crippen LogP contribution in [0.4, 0.5) is 0 Å². The van der Waals surface area contributed by atoms with Gasteiger partial charge in [0.2, 0.25) is 11.8 Å². The Bertz CT molecular complexity index is 323. The zero-order chi connectivity index (χ0) is 13.9. The van der Waals surface area contributed by atoms with Gasteiger partial charge in [-0.25, -0.2) is 0 Å². The van der Waals surface area contributed by atoms with Crippen LogP contribution in [0.25, 0.3) is 0 Å². The van der Waals surface area contributed by atoms with Crippen LogP contribution in [0, 0.1) is 5.41 Å². The summed E-state index contributed by atoms with van der Waals surface area (Å²) in [7, 11) is 1.76. The minimum atomic E-state index is -0.132. The maximum atomic E-state index is 12.0. The van der Waals surface area contributed by atoms with Gasteiger partial charge in [-0.05, 0) is 11.8 Å². The summed E-state index contributed by atoms with van der Waals surface area (Å²) in [6.07, 6.45) is 1.13. The highest BCUT2D eigenvalue weighted by Crippen LogP contribution is 2.21. The van der Waals surface area contributed by atoms with Crippen molar-refractivity contribution in [1.29, 1.82) is 0 Å². The Kier molecular flexibility index (Phi) is 4.73. The summed E-state index contributed by atoms with van der Waals surface area (Å²) < 4.78 is 0. The van der Waals surface area contributed by atoms with Crippen LogP contribution in [0.2, 0.25) is 0 Å². The van der Waals surface area contributed by atoms with Gasteiger partial charge < -0.3 is 15.5 Å². The molecule has 5 heteroatoms. The zero-order valence-corrected chi connectivity index (χ0v) is 11.9. The van der Waals surface area contributed by atoms with E-state index in [0.29, 0.717) is 19.5 Å². The number of likely N-dealkylation sites (N-methyl/N-ethyl adjacent to an activating group) is 1. The van der Waals surface area contributed by atoms with Gasteiger partial charge in [0, 0.05) is 32.6 Å². The molecule has 2 N–H and O–H groups in total. The third-order valence-electron chi connectivity index (χ3n) is 3.12. The molecule has 1 fully saturated rings. The van der Waals surface area contributed by atoms with Crippen LogP contribution in [0.15, 0.2) is 0 Å². The van der Waals surface area contributed by atoms with E-state index in [4.69, 9.17) is 5.73 Å². The van der Waals surface area contributed by atoms with E-state index in [0.717, 1.165) is 6.42 Å². The maximum Gasteiger partial charge on any atom is 0.241 e. The summed E-state index contributed by atoms with van der Waals surface area (Å²) in [5.74, 6) is -0.00723. The quantitative estimate of drug-likeness (QED) is 0.796. The Morgan fingerprint density at radius 2 is 2.00 bits per heavy atom. The van der Waals surface area contributed by atoms with Gasteiger partial charge >= 0.3 is 0 Å². The molecule has 1 rings (SSSR count). The molecular formula is C13H25N3O2. The summed E-state index contributed by atoms with van der Waals surface area (Å²) in [6.45, 7) is 7.74. The average molecular weight is 255 g/mol. The highest BCUT2D eigenvalue weighted by molar-refractivity contribution is 5.86. The van der Waals surface area contributed by atoms with Crippen LogP contribution < -0.4 is 5.73 Å². The number of carbonyl (C=O) groups is 2. The molecule has 1 aliphatic rings. The largest absolute Gasteiger partial charge is 0.342 e. The lowest BCUT2D eigenvalue weighted by Gasteiger charge is -2.33. The highest BCUT2D eigenvalue weighted by atomic mass is 16.2. The molecule has 0 radical (unpaired) electrons. The van der Waals surface area contributed by atoms with Gasteiger partial charge in [-0.2, -0.15) is 0 Å². The molecule has 0 aromatic carbocycles. The minimum Gasteiger partial charge on any atom is -0.342 e. The van der Waals surface area contributed by atoms with E-state index < -0.39 is 0 Å². The molecule has 104 valence electrons. The van der Waals surface area contributed by atoms with Crippen molar-refractivity contribution in [2.75, 3.05) is 26.7 Å². The van der Waals surface area contributed by atoms with E-state index in [1.165, 1.54) is 0 Å².